The molecule has 140 valence electrons. The van der Waals surface area contributed by atoms with Gasteiger partial charge in [0, 0.05) is 44.1 Å². The van der Waals surface area contributed by atoms with Crippen LogP contribution in [0.1, 0.15) is 29.0 Å². The molecule has 0 spiro atoms. The minimum atomic E-state index is 0.0408. The van der Waals surface area contributed by atoms with Crippen molar-refractivity contribution >= 4 is 11.4 Å². The topological polar surface area (TPSA) is 58.7 Å². The van der Waals surface area contributed by atoms with Gasteiger partial charge in [-0.3, -0.25) is 4.79 Å². The average molecular weight is 364 g/mol. The Kier molecular flexibility index (Phi) is 4.16. The summed E-state index contributed by atoms with van der Waals surface area (Å²) in [5.74, 6) is 1.41. The molecule has 1 fully saturated rings. The normalized spacial score (nSPS) is 20.7. The number of nitrogens with zero attached hydrogens (tertiary/aromatic N) is 6. The van der Waals surface area contributed by atoms with Gasteiger partial charge < -0.3 is 14.4 Å². The van der Waals surface area contributed by atoms with Gasteiger partial charge in [-0.2, -0.15) is 5.10 Å². The Balaban J connectivity index is 1.44. The van der Waals surface area contributed by atoms with Crippen molar-refractivity contribution in [2.45, 2.75) is 25.9 Å². The number of fused-ring (bicyclic) bond motifs is 2. The Morgan fingerprint density at radius 1 is 1.15 bits per heavy atom. The van der Waals surface area contributed by atoms with Gasteiger partial charge in [0.05, 0.1) is 23.8 Å². The summed E-state index contributed by atoms with van der Waals surface area (Å²) in [5.41, 5.74) is 1.52. The van der Waals surface area contributed by atoms with E-state index in [-0.39, 0.29) is 5.91 Å². The summed E-state index contributed by atoms with van der Waals surface area (Å²) in [5, 5.41) is 4.33. The van der Waals surface area contributed by atoms with Crippen molar-refractivity contribution in [1.29, 1.82) is 0 Å². The van der Waals surface area contributed by atoms with Crippen LogP contribution in [0.25, 0.3) is 5.52 Å². The number of likely N-dealkylation sites (tertiary alicyclic amines) is 1. The molecule has 5 heterocycles. The van der Waals surface area contributed by atoms with E-state index in [0.717, 1.165) is 31.0 Å². The molecule has 1 atom stereocenters. The standard InChI is InChI=1S/C20H24N6O/c27-20(17-11-22-26-9-2-1-5-18(17)26)25-14-16(12-23-7-3-4-8-23)13-24-10-6-21-19(24)15-25/h1-2,5-6,9-11,16H,3-4,7-8,12-15H2. The lowest BCUT2D eigenvalue weighted by Gasteiger charge is -2.27. The Morgan fingerprint density at radius 3 is 2.93 bits per heavy atom. The summed E-state index contributed by atoms with van der Waals surface area (Å²) in [4.78, 5) is 22.3. The van der Waals surface area contributed by atoms with Crippen LogP contribution in [-0.4, -0.2) is 61.1 Å². The first-order valence-electron chi connectivity index (χ1n) is 9.72. The fourth-order valence-corrected chi connectivity index (χ4v) is 4.41. The molecule has 0 N–H and O–H groups in total. The minimum absolute atomic E-state index is 0.0408. The molecule has 0 saturated carbocycles. The van der Waals surface area contributed by atoms with Gasteiger partial charge in [-0.1, -0.05) is 6.07 Å². The third-order valence-corrected chi connectivity index (χ3v) is 5.73. The van der Waals surface area contributed by atoms with E-state index in [9.17, 15) is 4.79 Å². The molecule has 0 aromatic carbocycles. The van der Waals surface area contributed by atoms with Crippen LogP contribution in [0, 0.1) is 5.92 Å². The maximum Gasteiger partial charge on any atom is 0.258 e. The number of hydrogen-bond acceptors (Lipinski definition) is 4. The highest BCUT2D eigenvalue weighted by Gasteiger charge is 2.29. The van der Waals surface area contributed by atoms with Crippen molar-refractivity contribution in [3.8, 4) is 0 Å². The molecule has 1 unspecified atom stereocenters. The van der Waals surface area contributed by atoms with Gasteiger partial charge in [-0.15, -0.1) is 0 Å². The first-order valence-corrected chi connectivity index (χ1v) is 9.72. The predicted molar refractivity (Wildman–Crippen MR) is 101 cm³/mol. The molecule has 2 aliphatic heterocycles. The van der Waals surface area contributed by atoms with E-state index in [1.807, 2.05) is 41.7 Å². The number of hydrogen-bond donors (Lipinski definition) is 0. The molecule has 7 heteroatoms. The number of carbonyl (C=O) groups excluding carboxylic acids is 1. The summed E-state index contributed by atoms with van der Waals surface area (Å²) in [6.07, 6.45) is 10.0. The third kappa shape index (κ3) is 3.12. The quantitative estimate of drug-likeness (QED) is 0.712. The van der Waals surface area contributed by atoms with E-state index >= 15 is 0 Å². The number of pyridine rings is 1. The van der Waals surface area contributed by atoms with Crippen molar-refractivity contribution in [2.75, 3.05) is 26.2 Å². The number of amides is 1. The third-order valence-electron chi connectivity index (χ3n) is 5.73. The zero-order chi connectivity index (χ0) is 18.2. The van der Waals surface area contributed by atoms with Crippen LogP contribution in [0.2, 0.25) is 0 Å². The largest absolute Gasteiger partial charge is 0.333 e. The SMILES string of the molecule is O=C(c1cnn2ccccc12)N1Cc2nccn2CC(CN2CCCC2)C1. The summed E-state index contributed by atoms with van der Waals surface area (Å²) < 4.78 is 3.97. The molecule has 0 aliphatic carbocycles. The van der Waals surface area contributed by atoms with Crippen molar-refractivity contribution in [3.63, 3.8) is 0 Å². The van der Waals surface area contributed by atoms with Gasteiger partial charge in [-0.25, -0.2) is 9.50 Å². The van der Waals surface area contributed by atoms with E-state index in [4.69, 9.17) is 0 Å². The van der Waals surface area contributed by atoms with E-state index < -0.39 is 0 Å². The monoisotopic (exact) mass is 364 g/mol. The maximum atomic E-state index is 13.4. The van der Waals surface area contributed by atoms with E-state index in [1.54, 1.807) is 10.7 Å². The Labute approximate surface area is 158 Å². The van der Waals surface area contributed by atoms with Crippen LogP contribution in [0.15, 0.2) is 43.0 Å². The van der Waals surface area contributed by atoms with Gasteiger partial charge in [0.15, 0.2) is 0 Å². The first-order chi connectivity index (χ1) is 13.3. The second-order valence-electron chi connectivity index (χ2n) is 7.64. The highest BCUT2D eigenvalue weighted by atomic mass is 16.2. The lowest BCUT2D eigenvalue weighted by atomic mass is 10.1. The van der Waals surface area contributed by atoms with Crippen LogP contribution in [0.3, 0.4) is 0 Å². The molecule has 3 aromatic rings. The van der Waals surface area contributed by atoms with Gasteiger partial charge >= 0.3 is 0 Å². The molecule has 2 aliphatic rings. The molecule has 1 saturated heterocycles. The molecule has 5 rings (SSSR count). The van der Waals surface area contributed by atoms with E-state index in [1.165, 1.54) is 25.9 Å². The molecular formula is C20H24N6O. The van der Waals surface area contributed by atoms with Crippen LogP contribution >= 0.6 is 0 Å². The van der Waals surface area contributed by atoms with Gasteiger partial charge in [0.25, 0.3) is 5.91 Å². The second-order valence-corrected chi connectivity index (χ2v) is 7.64. The number of rotatable bonds is 3. The highest BCUT2D eigenvalue weighted by Crippen LogP contribution is 2.22. The fourth-order valence-electron chi connectivity index (χ4n) is 4.41. The number of aromatic nitrogens is 4. The van der Waals surface area contributed by atoms with Crippen molar-refractivity contribution in [1.82, 2.24) is 29.0 Å². The molecular weight excluding hydrogens is 340 g/mol. The summed E-state index contributed by atoms with van der Waals surface area (Å²) in [6, 6.07) is 5.81. The van der Waals surface area contributed by atoms with Crippen molar-refractivity contribution in [3.05, 3.63) is 54.4 Å². The minimum Gasteiger partial charge on any atom is -0.333 e. The zero-order valence-electron chi connectivity index (χ0n) is 15.4. The predicted octanol–water partition coefficient (Wildman–Crippen LogP) is 1.90. The lowest BCUT2D eigenvalue weighted by molar-refractivity contribution is 0.0709. The molecule has 7 nitrogen and oxygen atoms in total. The van der Waals surface area contributed by atoms with Gasteiger partial charge in [0.2, 0.25) is 0 Å². The van der Waals surface area contributed by atoms with Crippen LogP contribution < -0.4 is 0 Å². The molecule has 0 radical (unpaired) electrons. The van der Waals surface area contributed by atoms with Crippen LogP contribution in [-0.2, 0) is 13.1 Å². The van der Waals surface area contributed by atoms with Gasteiger partial charge in [0.1, 0.15) is 5.82 Å². The van der Waals surface area contributed by atoms with E-state index in [0.29, 0.717) is 18.0 Å². The van der Waals surface area contributed by atoms with E-state index in [2.05, 4.69) is 19.5 Å². The van der Waals surface area contributed by atoms with Crippen molar-refractivity contribution < 1.29 is 4.79 Å². The van der Waals surface area contributed by atoms with Gasteiger partial charge in [-0.05, 0) is 38.1 Å². The van der Waals surface area contributed by atoms with Crippen molar-refractivity contribution in [2.24, 2.45) is 5.92 Å². The van der Waals surface area contributed by atoms with Crippen LogP contribution in [0.5, 0.6) is 0 Å². The fraction of sp³-hybridized carbons (Fsp3) is 0.450. The summed E-state index contributed by atoms with van der Waals surface area (Å²) in [6.45, 7) is 5.61. The summed E-state index contributed by atoms with van der Waals surface area (Å²) in [7, 11) is 0. The molecule has 0 bridgehead atoms. The second kappa shape index (κ2) is 6.81. The Morgan fingerprint density at radius 2 is 2.04 bits per heavy atom. The smallest absolute Gasteiger partial charge is 0.258 e. The number of carbonyl (C=O) groups is 1. The average Bonchev–Trinajstić information content (AvgIpc) is 3.41. The highest BCUT2D eigenvalue weighted by molar-refractivity contribution is 6.00. The Bertz CT molecular complexity index is 954. The first kappa shape index (κ1) is 16.5. The summed E-state index contributed by atoms with van der Waals surface area (Å²) >= 11 is 0. The number of imidazole rings is 1. The zero-order valence-corrected chi connectivity index (χ0v) is 15.4. The van der Waals surface area contributed by atoms with Crippen LogP contribution in [0.4, 0.5) is 0 Å². The molecule has 3 aromatic heterocycles. The molecule has 1 amide bonds. The molecule has 27 heavy (non-hydrogen) atoms. The maximum absolute atomic E-state index is 13.4. The Hall–Kier alpha value is -2.67. The lowest BCUT2D eigenvalue weighted by Crippen LogP contribution is -2.38.